The summed E-state index contributed by atoms with van der Waals surface area (Å²) >= 11 is 5.39. The van der Waals surface area contributed by atoms with Gasteiger partial charge in [0.25, 0.3) is 0 Å². The standard InChI is InChI=1S/C9H7ClF3NO2.ClH/c10-2-1-7-6(8(15)16)3-5(4-14-7)9(11,12)13;/h3-4H,1-2H2,(H,15,16);1H. The lowest BCUT2D eigenvalue weighted by atomic mass is 10.1. The maximum atomic E-state index is 12.3. The number of aryl methyl sites for hydroxylation is 1. The van der Waals surface area contributed by atoms with E-state index in [9.17, 15) is 18.0 Å². The number of hydrogen-bond acceptors (Lipinski definition) is 2. The van der Waals surface area contributed by atoms with Crippen molar-refractivity contribution in [3.05, 3.63) is 29.1 Å². The van der Waals surface area contributed by atoms with Crippen LogP contribution in [0.3, 0.4) is 0 Å². The van der Waals surface area contributed by atoms with Crippen molar-refractivity contribution in [3.8, 4) is 0 Å². The molecule has 0 amide bonds. The van der Waals surface area contributed by atoms with Gasteiger partial charge < -0.3 is 5.11 Å². The molecule has 0 saturated carbocycles. The minimum absolute atomic E-state index is 0. The molecule has 0 atom stereocenters. The molecule has 1 N–H and O–H groups in total. The van der Waals surface area contributed by atoms with E-state index in [0.29, 0.717) is 12.3 Å². The predicted molar refractivity (Wildman–Crippen MR) is 57.9 cm³/mol. The molecule has 1 rings (SSSR count). The Morgan fingerprint density at radius 1 is 1.47 bits per heavy atom. The molecule has 0 aromatic carbocycles. The molecule has 0 aliphatic carbocycles. The number of carboxylic acid groups (broad SMARTS) is 1. The maximum Gasteiger partial charge on any atom is 0.417 e. The monoisotopic (exact) mass is 289 g/mol. The summed E-state index contributed by atoms with van der Waals surface area (Å²) in [6, 6.07) is 0.567. The Morgan fingerprint density at radius 2 is 2.06 bits per heavy atom. The van der Waals surface area contributed by atoms with Crippen LogP contribution in [0.2, 0.25) is 0 Å². The Hall–Kier alpha value is -1.01. The van der Waals surface area contributed by atoms with Crippen LogP contribution in [0.5, 0.6) is 0 Å². The minimum atomic E-state index is -4.60. The van der Waals surface area contributed by atoms with Gasteiger partial charge in [-0.3, -0.25) is 4.98 Å². The number of rotatable bonds is 3. The molecule has 1 heterocycles. The quantitative estimate of drug-likeness (QED) is 0.871. The zero-order chi connectivity index (χ0) is 12.3. The molecule has 0 aliphatic heterocycles. The summed E-state index contributed by atoms with van der Waals surface area (Å²) in [4.78, 5) is 14.2. The van der Waals surface area contributed by atoms with Gasteiger partial charge in [0.15, 0.2) is 0 Å². The first kappa shape index (κ1) is 16.0. The highest BCUT2D eigenvalue weighted by Crippen LogP contribution is 2.29. The molecule has 96 valence electrons. The third-order valence-electron chi connectivity index (χ3n) is 1.86. The highest BCUT2D eigenvalue weighted by atomic mass is 35.5. The molecule has 0 radical (unpaired) electrons. The average molecular weight is 290 g/mol. The Morgan fingerprint density at radius 3 is 2.47 bits per heavy atom. The third kappa shape index (κ3) is 4.05. The summed E-state index contributed by atoms with van der Waals surface area (Å²) in [6.45, 7) is 0. The molecule has 0 fully saturated rings. The van der Waals surface area contributed by atoms with Gasteiger partial charge >= 0.3 is 12.1 Å². The van der Waals surface area contributed by atoms with E-state index in [1.165, 1.54) is 0 Å². The first-order valence-electron chi connectivity index (χ1n) is 4.21. The number of carboxylic acids is 1. The van der Waals surface area contributed by atoms with Crippen LogP contribution >= 0.6 is 24.0 Å². The summed E-state index contributed by atoms with van der Waals surface area (Å²) in [5, 5.41) is 8.73. The number of nitrogens with zero attached hydrogens (tertiary/aromatic N) is 1. The molecule has 1 aromatic heterocycles. The second-order valence-electron chi connectivity index (χ2n) is 2.96. The maximum absolute atomic E-state index is 12.3. The lowest BCUT2D eigenvalue weighted by molar-refractivity contribution is -0.137. The van der Waals surface area contributed by atoms with Crippen LogP contribution < -0.4 is 0 Å². The van der Waals surface area contributed by atoms with Gasteiger partial charge in [-0.1, -0.05) is 0 Å². The highest BCUT2D eigenvalue weighted by Gasteiger charge is 2.32. The number of aromatic nitrogens is 1. The fourth-order valence-corrected chi connectivity index (χ4v) is 1.30. The van der Waals surface area contributed by atoms with Crippen molar-refractivity contribution in [1.82, 2.24) is 4.98 Å². The summed E-state index contributed by atoms with van der Waals surface area (Å²) in [6.07, 6.45) is -3.88. The summed E-state index contributed by atoms with van der Waals surface area (Å²) in [5.74, 6) is -1.35. The second-order valence-corrected chi connectivity index (χ2v) is 3.34. The first-order chi connectivity index (χ1) is 7.36. The zero-order valence-electron chi connectivity index (χ0n) is 8.29. The van der Waals surface area contributed by atoms with E-state index in [-0.39, 0.29) is 30.4 Å². The smallest absolute Gasteiger partial charge is 0.417 e. The van der Waals surface area contributed by atoms with E-state index in [1.54, 1.807) is 0 Å². The van der Waals surface area contributed by atoms with Crippen LogP contribution in [0.15, 0.2) is 12.3 Å². The van der Waals surface area contributed by atoms with Crippen molar-refractivity contribution in [2.24, 2.45) is 0 Å². The SMILES string of the molecule is Cl.O=C(O)c1cc(C(F)(F)F)cnc1CCCl. The molecule has 0 bridgehead atoms. The Kier molecular flexibility index (Phi) is 5.71. The van der Waals surface area contributed by atoms with Crippen LogP contribution in [0.1, 0.15) is 21.6 Å². The molecule has 8 heteroatoms. The molecule has 1 aromatic rings. The van der Waals surface area contributed by atoms with Crippen LogP contribution in [0.25, 0.3) is 0 Å². The number of aromatic carboxylic acids is 1. The summed E-state index contributed by atoms with van der Waals surface area (Å²) in [7, 11) is 0. The van der Waals surface area contributed by atoms with E-state index in [0.717, 1.165) is 0 Å². The molecule has 3 nitrogen and oxygen atoms in total. The highest BCUT2D eigenvalue weighted by molar-refractivity contribution is 6.18. The van der Waals surface area contributed by atoms with Gasteiger partial charge in [-0.25, -0.2) is 4.79 Å². The largest absolute Gasteiger partial charge is 0.478 e. The second kappa shape index (κ2) is 6.07. The lowest BCUT2D eigenvalue weighted by Crippen LogP contribution is -2.12. The van der Waals surface area contributed by atoms with E-state index in [2.05, 4.69) is 4.98 Å². The molecule has 0 unspecified atom stereocenters. The minimum Gasteiger partial charge on any atom is -0.478 e. The van der Waals surface area contributed by atoms with E-state index in [4.69, 9.17) is 16.7 Å². The van der Waals surface area contributed by atoms with Gasteiger partial charge in [-0.05, 0) is 6.07 Å². The van der Waals surface area contributed by atoms with Gasteiger partial charge in [0, 0.05) is 18.5 Å². The molecule has 0 spiro atoms. The van der Waals surface area contributed by atoms with Crippen LogP contribution in [-0.4, -0.2) is 21.9 Å². The Bertz CT molecular complexity index is 410. The van der Waals surface area contributed by atoms with E-state index < -0.39 is 23.3 Å². The summed E-state index contributed by atoms with van der Waals surface area (Å²) < 4.78 is 36.9. The number of pyridine rings is 1. The van der Waals surface area contributed by atoms with Gasteiger partial charge in [0.05, 0.1) is 16.8 Å². The van der Waals surface area contributed by atoms with Crippen LogP contribution in [-0.2, 0) is 12.6 Å². The number of halogens is 5. The molecule has 0 saturated heterocycles. The van der Waals surface area contributed by atoms with Crippen molar-refractivity contribution >= 4 is 30.0 Å². The molecule has 0 aliphatic rings. The van der Waals surface area contributed by atoms with Gasteiger partial charge in [0.2, 0.25) is 0 Å². The third-order valence-corrected chi connectivity index (χ3v) is 2.05. The Labute approximate surface area is 106 Å². The first-order valence-corrected chi connectivity index (χ1v) is 4.75. The van der Waals surface area contributed by atoms with Crippen molar-refractivity contribution < 1.29 is 23.1 Å². The van der Waals surface area contributed by atoms with Crippen molar-refractivity contribution in [2.75, 3.05) is 5.88 Å². The van der Waals surface area contributed by atoms with E-state index in [1.807, 2.05) is 0 Å². The molecular formula is C9H8Cl2F3NO2. The van der Waals surface area contributed by atoms with Crippen molar-refractivity contribution in [3.63, 3.8) is 0 Å². The normalized spacial score (nSPS) is 10.8. The van der Waals surface area contributed by atoms with Crippen molar-refractivity contribution in [2.45, 2.75) is 12.6 Å². The lowest BCUT2D eigenvalue weighted by Gasteiger charge is -2.09. The fourth-order valence-electron chi connectivity index (χ4n) is 1.12. The predicted octanol–water partition coefficient (Wildman–Crippen LogP) is 3.00. The number of alkyl halides is 4. The Balaban J connectivity index is 0.00000256. The van der Waals surface area contributed by atoms with Gasteiger partial charge in [-0.2, -0.15) is 13.2 Å². The topological polar surface area (TPSA) is 50.2 Å². The van der Waals surface area contributed by atoms with Gasteiger partial charge in [0.1, 0.15) is 0 Å². The number of hydrogen-bond donors (Lipinski definition) is 1. The number of carbonyl (C=O) groups is 1. The average Bonchev–Trinajstić information content (AvgIpc) is 2.16. The van der Waals surface area contributed by atoms with Crippen LogP contribution in [0.4, 0.5) is 13.2 Å². The van der Waals surface area contributed by atoms with Crippen LogP contribution in [0, 0.1) is 0 Å². The van der Waals surface area contributed by atoms with E-state index >= 15 is 0 Å². The van der Waals surface area contributed by atoms with Gasteiger partial charge in [-0.15, -0.1) is 24.0 Å². The summed E-state index contributed by atoms with van der Waals surface area (Å²) in [5.41, 5.74) is -1.49. The molecule has 17 heavy (non-hydrogen) atoms. The van der Waals surface area contributed by atoms with Crippen molar-refractivity contribution in [1.29, 1.82) is 0 Å². The fraction of sp³-hybridized carbons (Fsp3) is 0.333. The zero-order valence-corrected chi connectivity index (χ0v) is 9.86. The molecular weight excluding hydrogens is 282 g/mol.